The van der Waals surface area contributed by atoms with E-state index in [1.165, 1.54) is 11.3 Å². The van der Waals surface area contributed by atoms with Crippen LogP contribution in [0.25, 0.3) is 0 Å². The topological polar surface area (TPSA) is 61.4 Å². The van der Waals surface area contributed by atoms with Gasteiger partial charge in [0.1, 0.15) is 0 Å². The number of aromatic nitrogens is 2. The van der Waals surface area contributed by atoms with Gasteiger partial charge in [-0.1, -0.05) is 12.1 Å². The van der Waals surface area contributed by atoms with Gasteiger partial charge in [0.05, 0.1) is 6.04 Å². The third-order valence-electron chi connectivity index (χ3n) is 4.74. The summed E-state index contributed by atoms with van der Waals surface area (Å²) in [5.41, 5.74) is 2.44. The number of benzene rings is 1. The van der Waals surface area contributed by atoms with Gasteiger partial charge in [-0.3, -0.25) is 15.0 Å². The van der Waals surface area contributed by atoms with Crippen LogP contribution < -0.4 is 10.2 Å². The van der Waals surface area contributed by atoms with Crippen molar-refractivity contribution in [1.29, 1.82) is 0 Å². The van der Waals surface area contributed by atoms with Crippen molar-refractivity contribution in [2.45, 2.75) is 31.8 Å². The Morgan fingerprint density at radius 2 is 2.04 bits per heavy atom. The van der Waals surface area contributed by atoms with Crippen molar-refractivity contribution in [3.05, 3.63) is 48.3 Å². The molecule has 1 aliphatic rings. The molecule has 1 aliphatic heterocycles. The summed E-state index contributed by atoms with van der Waals surface area (Å²) in [7, 11) is 4.09. The third kappa shape index (κ3) is 3.96. The third-order valence-corrected chi connectivity index (χ3v) is 4.74. The van der Waals surface area contributed by atoms with Gasteiger partial charge in [-0.25, -0.2) is 9.97 Å². The number of carbonyl (C=O) groups is 1. The second kappa shape index (κ2) is 7.61. The fourth-order valence-corrected chi connectivity index (χ4v) is 3.35. The fraction of sp³-hybridized carbons (Fsp3) is 0.421. The van der Waals surface area contributed by atoms with Gasteiger partial charge in [-0.15, -0.1) is 0 Å². The molecular weight excluding hydrogens is 314 g/mol. The van der Waals surface area contributed by atoms with Crippen molar-refractivity contribution in [3.63, 3.8) is 0 Å². The summed E-state index contributed by atoms with van der Waals surface area (Å²) < 4.78 is 0. The quantitative estimate of drug-likeness (QED) is 0.907. The summed E-state index contributed by atoms with van der Waals surface area (Å²) >= 11 is 0. The largest absolute Gasteiger partial charge is 0.378 e. The predicted molar refractivity (Wildman–Crippen MR) is 99.6 cm³/mol. The van der Waals surface area contributed by atoms with Crippen molar-refractivity contribution in [2.24, 2.45) is 0 Å². The Labute approximate surface area is 148 Å². The Morgan fingerprint density at radius 3 is 2.76 bits per heavy atom. The minimum atomic E-state index is -0.237. The van der Waals surface area contributed by atoms with Gasteiger partial charge in [-0.05, 0) is 50.1 Å². The van der Waals surface area contributed by atoms with Gasteiger partial charge < -0.3 is 4.90 Å². The number of amides is 1. The first-order chi connectivity index (χ1) is 12.1. The number of hydrogen-bond donors (Lipinski definition) is 1. The molecule has 0 aliphatic carbocycles. The molecule has 25 heavy (non-hydrogen) atoms. The van der Waals surface area contributed by atoms with Crippen LogP contribution in [0.3, 0.4) is 0 Å². The van der Waals surface area contributed by atoms with Crippen LogP contribution in [0.5, 0.6) is 0 Å². The second-order valence-electron chi connectivity index (χ2n) is 6.62. The number of rotatable bonds is 5. The average Bonchev–Trinajstić information content (AvgIpc) is 3.11. The van der Waals surface area contributed by atoms with Crippen LogP contribution in [0.2, 0.25) is 0 Å². The zero-order valence-electron chi connectivity index (χ0n) is 15.0. The van der Waals surface area contributed by atoms with Crippen molar-refractivity contribution in [1.82, 2.24) is 14.9 Å². The minimum absolute atomic E-state index is 0.0677. The van der Waals surface area contributed by atoms with Crippen molar-refractivity contribution in [2.75, 3.05) is 30.9 Å². The predicted octanol–water partition coefficient (Wildman–Crippen LogP) is 2.71. The van der Waals surface area contributed by atoms with Crippen molar-refractivity contribution >= 4 is 17.5 Å². The van der Waals surface area contributed by atoms with Crippen LogP contribution in [-0.2, 0) is 4.79 Å². The number of hydrogen-bond acceptors (Lipinski definition) is 5. The highest BCUT2D eigenvalue weighted by atomic mass is 16.2. The maximum Gasteiger partial charge on any atom is 0.243 e. The van der Waals surface area contributed by atoms with E-state index in [0.717, 1.165) is 19.4 Å². The van der Waals surface area contributed by atoms with Crippen LogP contribution in [0.15, 0.2) is 42.7 Å². The first-order valence-electron chi connectivity index (χ1n) is 8.67. The number of anilines is 2. The summed E-state index contributed by atoms with van der Waals surface area (Å²) in [6, 6.07) is 10.3. The van der Waals surface area contributed by atoms with Gasteiger partial charge in [0.25, 0.3) is 0 Å². The molecule has 1 fully saturated rings. The normalized spacial score (nSPS) is 18.8. The highest BCUT2D eigenvalue weighted by Crippen LogP contribution is 2.35. The van der Waals surface area contributed by atoms with E-state index < -0.39 is 0 Å². The molecule has 3 rings (SSSR count). The van der Waals surface area contributed by atoms with Gasteiger partial charge in [0.2, 0.25) is 11.9 Å². The molecule has 0 bridgehead atoms. The average molecular weight is 339 g/mol. The van der Waals surface area contributed by atoms with Crippen LogP contribution in [-0.4, -0.2) is 47.5 Å². The van der Waals surface area contributed by atoms with E-state index in [-0.39, 0.29) is 18.0 Å². The minimum Gasteiger partial charge on any atom is -0.378 e. The molecule has 1 saturated heterocycles. The lowest BCUT2D eigenvalue weighted by molar-refractivity contribution is -0.121. The van der Waals surface area contributed by atoms with Crippen LogP contribution in [0, 0.1) is 0 Å². The summed E-state index contributed by atoms with van der Waals surface area (Å²) in [4.78, 5) is 25.1. The number of likely N-dealkylation sites (tertiary alicyclic amines) is 1. The standard InChI is InChI=1S/C19H25N5O/c1-14(18(25)22-19-20-10-6-11-21-19)24-12-5-9-17(24)15-7-4-8-16(13-15)23(2)3/h4,6-8,10-11,13-14,17H,5,9,12H2,1-3H3,(H,20,21,22,25)/t14-,17+/m0/s1. The van der Waals surface area contributed by atoms with Gasteiger partial charge in [0, 0.05) is 38.2 Å². The van der Waals surface area contributed by atoms with Gasteiger partial charge >= 0.3 is 0 Å². The van der Waals surface area contributed by atoms with Crippen LogP contribution in [0.1, 0.15) is 31.4 Å². The molecule has 6 nitrogen and oxygen atoms in total. The molecule has 0 unspecified atom stereocenters. The molecule has 0 saturated carbocycles. The molecule has 1 amide bonds. The number of nitrogens with zero attached hydrogens (tertiary/aromatic N) is 4. The van der Waals surface area contributed by atoms with E-state index in [2.05, 4.69) is 49.4 Å². The molecule has 1 N–H and O–H groups in total. The summed E-state index contributed by atoms with van der Waals surface area (Å²) in [5.74, 6) is 0.284. The molecule has 0 radical (unpaired) electrons. The Kier molecular flexibility index (Phi) is 5.28. The van der Waals surface area contributed by atoms with Crippen LogP contribution >= 0.6 is 0 Å². The van der Waals surface area contributed by atoms with Gasteiger partial charge in [-0.2, -0.15) is 0 Å². The molecule has 2 atom stereocenters. The Hall–Kier alpha value is -2.47. The second-order valence-corrected chi connectivity index (χ2v) is 6.62. The zero-order valence-corrected chi connectivity index (χ0v) is 15.0. The first-order valence-corrected chi connectivity index (χ1v) is 8.67. The maximum atomic E-state index is 12.6. The molecule has 0 spiro atoms. The van der Waals surface area contributed by atoms with E-state index in [4.69, 9.17) is 0 Å². The molecule has 1 aromatic carbocycles. The Bertz CT molecular complexity index is 719. The lowest BCUT2D eigenvalue weighted by atomic mass is 10.0. The zero-order chi connectivity index (χ0) is 17.8. The maximum absolute atomic E-state index is 12.6. The number of carbonyl (C=O) groups excluding carboxylic acids is 1. The molecule has 2 aromatic rings. The van der Waals surface area contributed by atoms with E-state index in [1.54, 1.807) is 18.5 Å². The molecule has 2 heterocycles. The Morgan fingerprint density at radius 1 is 1.28 bits per heavy atom. The lowest BCUT2D eigenvalue weighted by Gasteiger charge is -2.30. The molecular formula is C19H25N5O. The fourth-order valence-electron chi connectivity index (χ4n) is 3.35. The van der Waals surface area contributed by atoms with E-state index >= 15 is 0 Å². The molecule has 1 aromatic heterocycles. The van der Waals surface area contributed by atoms with Crippen LogP contribution in [0.4, 0.5) is 11.6 Å². The van der Waals surface area contributed by atoms with E-state index in [0.29, 0.717) is 5.95 Å². The summed E-state index contributed by atoms with van der Waals surface area (Å²) in [5, 5.41) is 2.81. The van der Waals surface area contributed by atoms with E-state index in [1.807, 2.05) is 21.0 Å². The van der Waals surface area contributed by atoms with Crippen molar-refractivity contribution in [3.8, 4) is 0 Å². The number of nitrogens with one attached hydrogen (secondary N) is 1. The van der Waals surface area contributed by atoms with Gasteiger partial charge in [0.15, 0.2) is 0 Å². The summed E-state index contributed by atoms with van der Waals surface area (Å²) in [6.07, 6.45) is 5.41. The van der Waals surface area contributed by atoms with Crippen molar-refractivity contribution < 1.29 is 4.79 Å². The SMILES string of the molecule is C[C@@H](C(=O)Nc1ncccn1)N1CCC[C@@H]1c1cccc(N(C)C)c1. The highest BCUT2D eigenvalue weighted by Gasteiger charge is 2.33. The lowest BCUT2D eigenvalue weighted by Crippen LogP contribution is -2.41. The molecule has 6 heteroatoms. The monoisotopic (exact) mass is 339 g/mol. The first kappa shape index (κ1) is 17.4. The Balaban J connectivity index is 1.74. The smallest absolute Gasteiger partial charge is 0.243 e. The van der Waals surface area contributed by atoms with E-state index in [9.17, 15) is 4.79 Å². The highest BCUT2D eigenvalue weighted by molar-refractivity contribution is 5.93. The molecule has 132 valence electrons. The summed E-state index contributed by atoms with van der Waals surface area (Å²) in [6.45, 7) is 2.87.